The van der Waals surface area contributed by atoms with Crippen LogP contribution >= 0.6 is 15.9 Å². The molecule has 0 aliphatic heterocycles. The van der Waals surface area contributed by atoms with Gasteiger partial charge in [0.15, 0.2) is 0 Å². The van der Waals surface area contributed by atoms with Gasteiger partial charge in [-0.1, -0.05) is 35.0 Å². The second kappa shape index (κ2) is 6.20. The fourth-order valence-electron chi connectivity index (χ4n) is 1.66. The zero-order valence-electron chi connectivity index (χ0n) is 11.0. The standard InChI is InChI=1S/C14H20BrNO/c1-10-6-5-7-13(12(10)3)14(17)16(4)9-8-11(2)15/h5-7,11H,8-9H2,1-4H3. The third kappa shape index (κ3) is 3.84. The summed E-state index contributed by atoms with van der Waals surface area (Å²) in [6.45, 7) is 6.91. The molecule has 0 saturated carbocycles. The van der Waals surface area contributed by atoms with Crippen molar-refractivity contribution in [3.63, 3.8) is 0 Å². The molecule has 1 aromatic rings. The number of carbonyl (C=O) groups excluding carboxylic acids is 1. The molecule has 0 aliphatic rings. The first-order valence-electron chi connectivity index (χ1n) is 5.89. The first-order chi connectivity index (χ1) is 7.93. The number of amides is 1. The smallest absolute Gasteiger partial charge is 0.253 e. The second-order valence-corrected chi connectivity index (χ2v) is 6.11. The van der Waals surface area contributed by atoms with Gasteiger partial charge in [-0.25, -0.2) is 0 Å². The maximum Gasteiger partial charge on any atom is 0.253 e. The maximum absolute atomic E-state index is 12.2. The highest BCUT2D eigenvalue weighted by Crippen LogP contribution is 2.15. The van der Waals surface area contributed by atoms with Crippen LogP contribution in [-0.4, -0.2) is 29.2 Å². The Balaban J connectivity index is 2.78. The molecule has 94 valence electrons. The molecular weight excluding hydrogens is 278 g/mol. The van der Waals surface area contributed by atoms with Gasteiger partial charge in [-0.2, -0.15) is 0 Å². The Morgan fingerprint density at radius 3 is 2.65 bits per heavy atom. The molecule has 0 bridgehead atoms. The van der Waals surface area contributed by atoms with Crippen LogP contribution in [0.5, 0.6) is 0 Å². The van der Waals surface area contributed by atoms with Crippen molar-refractivity contribution in [1.29, 1.82) is 0 Å². The lowest BCUT2D eigenvalue weighted by Crippen LogP contribution is -2.29. The molecule has 2 nitrogen and oxygen atoms in total. The van der Waals surface area contributed by atoms with Gasteiger partial charge in [0.1, 0.15) is 0 Å². The van der Waals surface area contributed by atoms with E-state index in [4.69, 9.17) is 0 Å². The first kappa shape index (κ1) is 14.2. The Morgan fingerprint density at radius 2 is 2.06 bits per heavy atom. The minimum Gasteiger partial charge on any atom is -0.342 e. The lowest BCUT2D eigenvalue weighted by atomic mass is 10.0. The van der Waals surface area contributed by atoms with Crippen molar-refractivity contribution in [2.75, 3.05) is 13.6 Å². The van der Waals surface area contributed by atoms with Crippen molar-refractivity contribution in [2.24, 2.45) is 0 Å². The molecule has 17 heavy (non-hydrogen) atoms. The fourth-order valence-corrected chi connectivity index (χ4v) is 1.87. The van der Waals surface area contributed by atoms with E-state index in [0.717, 1.165) is 29.7 Å². The van der Waals surface area contributed by atoms with Crippen LogP contribution in [0.2, 0.25) is 0 Å². The van der Waals surface area contributed by atoms with Crippen LogP contribution in [0.1, 0.15) is 34.8 Å². The highest BCUT2D eigenvalue weighted by molar-refractivity contribution is 9.09. The second-order valence-electron chi connectivity index (χ2n) is 4.54. The number of nitrogens with zero attached hydrogens (tertiary/aromatic N) is 1. The van der Waals surface area contributed by atoms with Crippen LogP contribution in [0.15, 0.2) is 18.2 Å². The van der Waals surface area contributed by atoms with Crippen molar-refractivity contribution < 1.29 is 4.79 Å². The summed E-state index contributed by atoms with van der Waals surface area (Å²) < 4.78 is 0. The molecule has 0 heterocycles. The lowest BCUT2D eigenvalue weighted by Gasteiger charge is -2.19. The van der Waals surface area contributed by atoms with Gasteiger partial charge in [-0.05, 0) is 37.5 Å². The van der Waals surface area contributed by atoms with Gasteiger partial charge in [0.25, 0.3) is 5.91 Å². The molecule has 1 rings (SSSR count). The molecule has 1 amide bonds. The molecule has 0 aromatic heterocycles. The van der Waals surface area contributed by atoms with Gasteiger partial charge < -0.3 is 4.90 Å². The molecule has 0 N–H and O–H groups in total. The van der Waals surface area contributed by atoms with E-state index in [-0.39, 0.29) is 5.91 Å². The molecule has 1 aromatic carbocycles. The summed E-state index contributed by atoms with van der Waals surface area (Å²) in [5.74, 6) is 0.111. The van der Waals surface area contributed by atoms with Crippen LogP contribution in [-0.2, 0) is 0 Å². The van der Waals surface area contributed by atoms with Gasteiger partial charge in [0.2, 0.25) is 0 Å². The Kier molecular flexibility index (Phi) is 5.19. The van der Waals surface area contributed by atoms with E-state index >= 15 is 0 Å². The van der Waals surface area contributed by atoms with Crippen LogP contribution in [0.3, 0.4) is 0 Å². The molecule has 0 radical (unpaired) electrons. The van der Waals surface area contributed by atoms with E-state index in [0.29, 0.717) is 4.83 Å². The summed E-state index contributed by atoms with van der Waals surface area (Å²) in [5, 5.41) is 0. The number of aryl methyl sites for hydroxylation is 1. The summed E-state index contributed by atoms with van der Waals surface area (Å²) in [4.78, 5) is 14.5. The minimum absolute atomic E-state index is 0.111. The summed E-state index contributed by atoms with van der Waals surface area (Å²) in [6, 6.07) is 5.88. The molecule has 1 atom stereocenters. The van der Waals surface area contributed by atoms with Crippen LogP contribution in [0.25, 0.3) is 0 Å². The summed E-state index contributed by atoms with van der Waals surface area (Å²) in [6.07, 6.45) is 0.965. The van der Waals surface area contributed by atoms with E-state index in [1.165, 1.54) is 0 Å². The zero-order valence-corrected chi connectivity index (χ0v) is 12.5. The number of alkyl halides is 1. The minimum atomic E-state index is 0.111. The maximum atomic E-state index is 12.2. The van der Waals surface area contributed by atoms with Crippen molar-refractivity contribution in [2.45, 2.75) is 32.0 Å². The van der Waals surface area contributed by atoms with Crippen molar-refractivity contribution in [3.05, 3.63) is 34.9 Å². The number of halogens is 1. The van der Waals surface area contributed by atoms with E-state index < -0.39 is 0 Å². The normalized spacial score (nSPS) is 12.3. The molecule has 0 aliphatic carbocycles. The topological polar surface area (TPSA) is 20.3 Å². The number of benzene rings is 1. The van der Waals surface area contributed by atoms with Gasteiger partial charge in [-0.15, -0.1) is 0 Å². The third-order valence-electron chi connectivity index (χ3n) is 3.04. The van der Waals surface area contributed by atoms with Gasteiger partial charge >= 0.3 is 0 Å². The summed E-state index contributed by atoms with van der Waals surface area (Å²) in [7, 11) is 1.86. The Labute approximate surface area is 112 Å². The Morgan fingerprint density at radius 1 is 1.41 bits per heavy atom. The predicted molar refractivity (Wildman–Crippen MR) is 75.9 cm³/mol. The van der Waals surface area contributed by atoms with Gasteiger partial charge in [0, 0.05) is 24.0 Å². The van der Waals surface area contributed by atoms with Gasteiger partial charge in [-0.3, -0.25) is 4.79 Å². The molecule has 0 fully saturated rings. The number of rotatable bonds is 4. The quantitative estimate of drug-likeness (QED) is 0.778. The lowest BCUT2D eigenvalue weighted by molar-refractivity contribution is 0.0793. The summed E-state index contributed by atoms with van der Waals surface area (Å²) in [5.41, 5.74) is 3.06. The highest BCUT2D eigenvalue weighted by atomic mass is 79.9. The number of carbonyl (C=O) groups is 1. The molecule has 0 spiro atoms. The summed E-state index contributed by atoms with van der Waals surface area (Å²) >= 11 is 3.50. The van der Waals surface area contributed by atoms with E-state index in [2.05, 4.69) is 22.9 Å². The average molecular weight is 298 g/mol. The molecular formula is C14H20BrNO. The molecule has 3 heteroatoms. The third-order valence-corrected chi connectivity index (χ3v) is 3.50. The zero-order chi connectivity index (χ0) is 13.0. The molecule has 1 unspecified atom stereocenters. The van der Waals surface area contributed by atoms with Gasteiger partial charge in [0.05, 0.1) is 0 Å². The number of hydrogen-bond donors (Lipinski definition) is 0. The van der Waals surface area contributed by atoms with Crippen LogP contribution in [0, 0.1) is 13.8 Å². The average Bonchev–Trinajstić information content (AvgIpc) is 2.28. The first-order valence-corrected chi connectivity index (χ1v) is 6.80. The Bertz CT molecular complexity index is 401. The highest BCUT2D eigenvalue weighted by Gasteiger charge is 2.14. The Hall–Kier alpha value is -0.830. The molecule has 0 saturated heterocycles. The van der Waals surface area contributed by atoms with E-state index in [1.807, 2.05) is 39.1 Å². The van der Waals surface area contributed by atoms with Crippen LogP contribution in [0.4, 0.5) is 0 Å². The SMILES string of the molecule is Cc1cccc(C(=O)N(C)CCC(C)Br)c1C. The number of hydrogen-bond acceptors (Lipinski definition) is 1. The van der Waals surface area contributed by atoms with Crippen molar-refractivity contribution in [1.82, 2.24) is 4.90 Å². The van der Waals surface area contributed by atoms with Crippen molar-refractivity contribution in [3.8, 4) is 0 Å². The monoisotopic (exact) mass is 297 g/mol. The fraction of sp³-hybridized carbons (Fsp3) is 0.500. The van der Waals surface area contributed by atoms with Crippen LogP contribution < -0.4 is 0 Å². The largest absolute Gasteiger partial charge is 0.342 e. The van der Waals surface area contributed by atoms with E-state index in [1.54, 1.807) is 4.90 Å². The van der Waals surface area contributed by atoms with Crippen molar-refractivity contribution >= 4 is 21.8 Å². The predicted octanol–water partition coefficient (Wildman–Crippen LogP) is 3.55. The van der Waals surface area contributed by atoms with E-state index in [9.17, 15) is 4.79 Å².